The van der Waals surface area contributed by atoms with Crippen LogP contribution in [0, 0.1) is 29.3 Å². The van der Waals surface area contributed by atoms with Crippen molar-refractivity contribution in [1.29, 1.82) is 0 Å². The zero-order chi connectivity index (χ0) is 18.9. The third-order valence-corrected chi connectivity index (χ3v) is 7.78. The number of hydrogen-bond acceptors (Lipinski definition) is 4. The first-order valence-corrected chi connectivity index (χ1v) is 10.1. The molecule has 0 unspecified atom stereocenters. The van der Waals surface area contributed by atoms with Crippen molar-refractivity contribution in [2.45, 2.75) is 29.4 Å². The van der Waals surface area contributed by atoms with E-state index in [2.05, 4.69) is 4.90 Å². The molecular formula is C17H21F3N2O3S. The second kappa shape index (κ2) is 5.92. The summed E-state index contributed by atoms with van der Waals surface area (Å²) < 4.78 is 73.9. The summed E-state index contributed by atoms with van der Waals surface area (Å²) in [6.07, 6.45) is 1.76. The Balaban J connectivity index is 1.66. The predicted octanol–water partition coefficient (Wildman–Crippen LogP) is 1.83. The fourth-order valence-electron chi connectivity index (χ4n) is 4.84. The smallest absolute Gasteiger partial charge is 0.246 e. The second-order valence-corrected chi connectivity index (χ2v) is 9.67. The van der Waals surface area contributed by atoms with Gasteiger partial charge in [0, 0.05) is 31.5 Å². The van der Waals surface area contributed by atoms with Gasteiger partial charge in [-0.2, -0.15) is 4.31 Å². The fourth-order valence-corrected chi connectivity index (χ4v) is 6.42. The minimum Gasteiger partial charge on any atom is -0.370 e. The first kappa shape index (κ1) is 18.2. The van der Waals surface area contributed by atoms with Crippen LogP contribution >= 0.6 is 0 Å². The van der Waals surface area contributed by atoms with E-state index in [-0.39, 0.29) is 31.0 Å². The molecule has 4 rings (SSSR count). The van der Waals surface area contributed by atoms with Gasteiger partial charge in [-0.05, 0) is 39.1 Å². The molecule has 0 N–H and O–H groups in total. The highest BCUT2D eigenvalue weighted by atomic mass is 32.2. The van der Waals surface area contributed by atoms with Crippen molar-refractivity contribution in [2.24, 2.45) is 11.8 Å². The van der Waals surface area contributed by atoms with E-state index in [1.165, 1.54) is 0 Å². The molecule has 3 aliphatic heterocycles. The van der Waals surface area contributed by atoms with Crippen molar-refractivity contribution in [3.63, 3.8) is 0 Å². The molecule has 1 spiro atoms. The van der Waals surface area contributed by atoms with Crippen LogP contribution in [0.1, 0.15) is 12.8 Å². The lowest BCUT2D eigenvalue weighted by Crippen LogP contribution is -2.40. The highest BCUT2D eigenvalue weighted by Crippen LogP contribution is 2.55. The minimum atomic E-state index is -4.27. The SMILES string of the molecule is CN(C)C[C@H]1[C@H]2CN(S(=O)(=O)c3ccc(F)c(F)c3F)C[C@]23CC[C@H]1O3. The molecule has 3 aliphatic rings. The van der Waals surface area contributed by atoms with Gasteiger partial charge in [-0.3, -0.25) is 0 Å². The van der Waals surface area contributed by atoms with Gasteiger partial charge in [0.15, 0.2) is 17.5 Å². The van der Waals surface area contributed by atoms with Gasteiger partial charge in [-0.1, -0.05) is 0 Å². The minimum absolute atomic E-state index is 0.0202. The van der Waals surface area contributed by atoms with Crippen LogP contribution in [0.3, 0.4) is 0 Å². The van der Waals surface area contributed by atoms with E-state index in [0.29, 0.717) is 6.07 Å². The number of nitrogens with zero attached hydrogens (tertiary/aromatic N) is 2. The molecule has 3 fully saturated rings. The summed E-state index contributed by atoms with van der Waals surface area (Å²) in [5.41, 5.74) is -0.548. The van der Waals surface area contributed by atoms with Crippen LogP contribution in [0.15, 0.2) is 17.0 Å². The molecule has 9 heteroatoms. The molecule has 2 bridgehead atoms. The average Bonchev–Trinajstić information content (AvgIpc) is 3.22. The van der Waals surface area contributed by atoms with Gasteiger partial charge in [0.05, 0.1) is 11.7 Å². The van der Waals surface area contributed by atoms with Gasteiger partial charge in [-0.15, -0.1) is 0 Å². The van der Waals surface area contributed by atoms with Crippen molar-refractivity contribution >= 4 is 10.0 Å². The lowest BCUT2D eigenvalue weighted by molar-refractivity contribution is 0.00738. The van der Waals surface area contributed by atoms with E-state index in [9.17, 15) is 21.6 Å². The van der Waals surface area contributed by atoms with Crippen LogP contribution in [-0.4, -0.2) is 63.1 Å². The molecule has 1 aromatic rings. The highest BCUT2D eigenvalue weighted by molar-refractivity contribution is 7.89. The van der Waals surface area contributed by atoms with E-state index in [4.69, 9.17) is 4.74 Å². The number of rotatable bonds is 4. The fraction of sp³-hybridized carbons (Fsp3) is 0.647. The Labute approximate surface area is 150 Å². The maximum atomic E-state index is 14.1. The van der Waals surface area contributed by atoms with Crippen molar-refractivity contribution in [1.82, 2.24) is 9.21 Å². The maximum Gasteiger partial charge on any atom is 0.246 e. The Kier molecular flexibility index (Phi) is 4.15. The lowest BCUT2D eigenvalue weighted by Gasteiger charge is -2.31. The van der Waals surface area contributed by atoms with E-state index in [0.717, 1.165) is 29.8 Å². The zero-order valence-electron chi connectivity index (χ0n) is 14.6. The average molecular weight is 390 g/mol. The van der Waals surface area contributed by atoms with Gasteiger partial charge < -0.3 is 9.64 Å². The van der Waals surface area contributed by atoms with Gasteiger partial charge in [-0.25, -0.2) is 21.6 Å². The van der Waals surface area contributed by atoms with Gasteiger partial charge >= 0.3 is 0 Å². The van der Waals surface area contributed by atoms with Gasteiger partial charge in [0.25, 0.3) is 0 Å². The summed E-state index contributed by atoms with van der Waals surface area (Å²) in [4.78, 5) is 1.22. The van der Waals surface area contributed by atoms with Crippen LogP contribution in [0.25, 0.3) is 0 Å². The number of benzene rings is 1. The van der Waals surface area contributed by atoms with Crippen molar-refractivity contribution in [3.8, 4) is 0 Å². The summed E-state index contributed by atoms with van der Waals surface area (Å²) in [6, 6.07) is 1.42. The summed E-state index contributed by atoms with van der Waals surface area (Å²) in [6.45, 7) is 1.11. The molecule has 144 valence electrons. The third kappa shape index (κ3) is 2.51. The zero-order valence-corrected chi connectivity index (χ0v) is 15.4. The standard InChI is InChI=1S/C17H21F3N2O3S/c1-21(2)7-10-11-8-22(9-17(11)6-5-13(10)25-17)26(23,24)14-4-3-12(18)15(19)16(14)20/h3-4,10-11,13H,5-9H2,1-2H3/t10-,11+,13+,17+/m0/s1. The first-order chi connectivity index (χ1) is 12.2. The molecule has 1 aromatic carbocycles. The second-order valence-electron chi connectivity index (χ2n) is 7.76. The molecule has 0 amide bonds. The normalized spacial score (nSPS) is 34.0. The third-order valence-electron chi connectivity index (χ3n) is 5.95. The molecule has 0 aliphatic carbocycles. The highest BCUT2D eigenvalue weighted by Gasteiger charge is 2.64. The summed E-state index contributed by atoms with van der Waals surface area (Å²) in [5, 5.41) is 0. The van der Waals surface area contributed by atoms with Crippen molar-refractivity contribution in [3.05, 3.63) is 29.6 Å². The van der Waals surface area contributed by atoms with Crippen molar-refractivity contribution in [2.75, 3.05) is 33.7 Å². The molecule has 5 nitrogen and oxygen atoms in total. The largest absolute Gasteiger partial charge is 0.370 e. The summed E-state index contributed by atoms with van der Waals surface area (Å²) >= 11 is 0. The quantitative estimate of drug-likeness (QED) is 0.737. The molecule has 3 heterocycles. The molecule has 26 heavy (non-hydrogen) atoms. The lowest BCUT2D eigenvalue weighted by atomic mass is 9.73. The van der Waals surface area contributed by atoms with Crippen LogP contribution in [0.2, 0.25) is 0 Å². The number of halogens is 3. The predicted molar refractivity (Wildman–Crippen MR) is 87.4 cm³/mol. The Morgan fingerprint density at radius 1 is 1.27 bits per heavy atom. The van der Waals surface area contributed by atoms with E-state index < -0.39 is 38.0 Å². The molecule has 0 saturated carbocycles. The molecule has 3 saturated heterocycles. The van der Waals surface area contributed by atoms with Crippen LogP contribution in [0.5, 0.6) is 0 Å². The monoisotopic (exact) mass is 390 g/mol. The Morgan fingerprint density at radius 3 is 2.69 bits per heavy atom. The topological polar surface area (TPSA) is 49.9 Å². The number of sulfonamides is 1. The van der Waals surface area contributed by atoms with E-state index in [1.807, 2.05) is 14.1 Å². The molecule has 0 radical (unpaired) electrons. The first-order valence-electron chi connectivity index (χ1n) is 8.62. The van der Waals surface area contributed by atoms with Crippen LogP contribution < -0.4 is 0 Å². The van der Waals surface area contributed by atoms with Crippen molar-refractivity contribution < 1.29 is 26.3 Å². The molecular weight excluding hydrogens is 369 g/mol. The van der Waals surface area contributed by atoms with Gasteiger partial charge in [0.2, 0.25) is 10.0 Å². The van der Waals surface area contributed by atoms with Crippen LogP contribution in [-0.2, 0) is 14.8 Å². The van der Waals surface area contributed by atoms with E-state index in [1.54, 1.807) is 0 Å². The molecule has 4 atom stereocenters. The summed E-state index contributed by atoms with van der Waals surface area (Å²) in [5.74, 6) is -4.63. The van der Waals surface area contributed by atoms with Gasteiger partial charge in [0.1, 0.15) is 4.90 Å². The number of fused-ring (bicyclic) bond motifs is 1. The Bertz CT molecular complexity index is 848. The Morgan fingerprint density at radius 2 is 2.00 bits per heavy atom. The summed E-state index contributed by atoms with van der Waals surface area (Å²) in [7, 11) is -0.360. The maximum absolute atomic E-state index is 14.1. The van der Waals surface area contributed by atoms with E-state index >= 15 is 0 Å². The number of hydrogen-bond donors (Lipinski definition) is 0. The van der Waals surface area contributed by atoms with Crippen LogP contribution in [0.4, 0.5) is 13.2 Å². The molecule has 0 aromatic heterocycles. The number of ether oxygens (including phenoxy) is 1. The Hall–Kier alpha value is -1.16.